The summed E-state index contributed by atoms with van der Waals surface area (Å²) < 4.78 is 27.9. The van der Waals surface area contributed by atoms with E-state index in [4.69, 9.17) is 0 Å². The number of halogens is 2. The first-order valence-corrected chi connectivity index (χ1v) is 10.3. The number of nitrogens with zero attached hydrogens (tertiary/aromatic N) is 2. The van der Waals surface area contributed by atoms with Gasteiger partial charge >= 0.3 is 0 Å². The number of rotatable bonds is 9. The molecular weight excluding hydrogens is 378 g/mol. The first-order chi connectivity index (χ1) is 14.7. The SMILES string of the molecule is CCCCC(F)Cc1ccc(C(=NN=Cc2ccccc2F)c2ccccc2)cc1. The molecule has 0 saturated carbocycles. The smallest absolute Gasteiger partial charge is 0.132 e. The number of hydrogen-bond donors (Lipinski definition) is 0. The highest BCUT2D eigenvalue weighted by atomic mass is 19.1. The van der Waals surface area contributed by atoms with Crippen molar-refractivity contribution in [1.82, 2.24) is 0 Å². The molecule has 1 atom stereocenters. The van der Waals surface area contributed by atoms with Crippen molar-refractivity contribution in [2.75, 3.05) is 0 Å². The summed E-state index contributed by atoms with van der Waals surface area (Å²) in [4.78, 5) is 0. The van der Waals surface area contributed by atoms with Gasteiger partial charge in [0.05, 0.1) is 6.21 Å². The normalized spacial score (nSPS) is 13.0. The van der Waals surface area contributed by atoms with E-state index >= 15 is 0 Å². The summed E-state index contributed by atoms with van der Waals surface area (Å²) in [5.41, 5.74) is 3.80. The summed E-state index contributed by atoms with van der Waals surface area (Å²) in [6.45, 7) is 2.07. The third kappa shape index (κ3) is 6.18. The van der Waals surface area contributed by atoms with Gasteiger partial charge in [-0.15, -0.1) is 5.10 Å². The van der Waals surface area contributed by atoms with Crippen molar-refractivity contribution in [3.8, 4) is 0 Å². The van der Waals surface area contributed by atoms with Crippen molar-refractivity contribution < 1.29 is 8.78 Å². The van der Waals surface area contributed by atoms with E-state index in [1.165, 1.54) is 12.3 Å². The molecular formula is C26H26F2N2. The monoisotopic (exact) mass is 404 g/mol. The summed E-state index contributed by atoms with van der Waals surface area (Å²) in [6.07, 6.45) is 3.52. The summed E-state index contributed by atoms with van der Waals surface area (Å²) >= 11 is 0. The third-order valence-corrected chi connectivity index (χ3v) is 4.86. The molecule has 0 fully saturated rings. The van der Waals surface area contributed by atoms with Gasteiger partial charge in [0.1, 0.15) is 17.7 Å². The second-order valence-corrected chi connectivity index (χ2v) is 7.22. The fourth-order valence-corrected chi connectivity index (χ4v) is 3.19. The number of benzene rings is 3. The number of unbranched alkanes of at least 4 members (excludes halogenated alkanes) is 1. The zero-order valence-corrected chi connectivity index (χ0v) is 17.1. The van der Waals surface area contributed by atoms with Crippen LogP contribution >= 0.6 is 0 Å². The van der Waals surface area contributed by atoms with E-state index in [2.05, 4.69) is 17.1 Å². The van der Waals surface area contributed by atoms with Crippen LogP contribution in [0.2, 0.25) is 0 Å². The molecule has 0 bridgehead atoms. The quantitative estimate of drug-likeness (QED) is 0.278. The van der Waals surface area contributed by atoms with Crippen molar-refractivity contribution >= 4 is 11.9 Å². The molecule has 30 heavy (non-hydrogen) atoms. The molecule has 0 N–H and O–H groups in total. The zero-order chi connectivity index (χ0) is 21.2. The van der Waals surface area contributed by atoms with Crippen molar-refractivity contribution in [2.45, 2.75) is 38.8 Å². The van der Waals surface area contributed by atoms with Gasteiger partial charge in [-0.25, -0.2) is 8.78 Å². The average Bonchev–Trinajstić information content (AvgIpc) is 2.78. The van der Waals surface area contributed by atoms with E-state index in [-0.39, 0.29) is 5.82 Å². The molecule has 3 rings (SSSR count). The van der Waals surface area contributed by atoms with Gasteiger partial charge in [-0.1, -0.05) is 92.6 Å². The van der Waals surface area contributed by atoms with E-state index in [1.54, 1.807) is 18.2 Å². The molecule has 3 aromatic carbocycles. The number of alkyl halides is 1. The van der Waals surface area contributed by atoms with E-state index in [0.717, 1.165) is 29.5 Å². The highest BCUT2D eigenvalue weighted by Crippen LogP contribution is 2.16. The van der Waals surface area contributed by atoms with Crippen LogP contribution in [0.1, 0.15) is 48.4 Å². The van der Waals surface area contributed by atoms with Crippen molar-refractivity contribution in [1.29, 1.82) is 0 Å². The molecule has 0 saturated heterocycles. The van der Waals surface area contributed by atoms with E-state index in [1.807, 2.05) is 54.6 Å². The lowest BCUT2D eigenvalue weighted by atomic mass is 9.99. The lowest BCUT2D eigenvalue weighted by Crippen LogP contribution is -2.06. The molecule has 0 heterocycles. The predicted molar refractivity (Wildman–Crippen MR) is 121 cm³/mol. The topological polar surface area (TPSA) is 24.7 Å². The van der Waals surface area contributed by atoms with Crippen molar-refractivity contribution in [3.05, 3.63) is 107 Å². The minimum Gasteiger partial charge on any atom is -0.247 e. The molecule has 0 radical (unpaired) electrons. The van der Waals surface area contributed by atoms with Gasteiger partial charge in [0.15, 0.2) is 0 Å². The van der Waals surface area contributed by atoms with Crippen molar-refractivity contribution in [2.24, 2.45) is 10.2 Å². The highest BCUT2D eigenvalue weighted by molar-refractivity contribution is 6.13. The molecule has 0 aliphatic heterocycles. The molecule has 0 aromatic heterocycles. The minimum atomic E-state index is -0.816. The van der Waals surface area contributed by atoms with Gasteiger partial charge in [0.2, 0.25) is 0 Å². The standard InChI is InChI=1S/C26H26F2N2/c1-2-3-12-24(27)18-20-14-16-22(17-15-20)26(21-9-5-4-6-10-21)30-29-19-23-11-7-8-13-25(23)28/h4-11,13-17,19,24H,2-3,12,18H2,1H3. The second-order valence-electron chi connectivity index (χ2n) is 7.22. The first-order valence-electron chi connectivity index (χ1n) is 10.3. The summed E-state index contributed by atoms with van der Waals surface area (Å²) in [7, 11) is 0. The number of hydrogen-bond acceptors (Lipinski definition) is 2. The van der Waals surface area contributed by atoms with E-state index in [0.29, 0.717) is 24.1 Å². The lowest BCUT2D eigenvalue weighted by Gasteiger charge is -2.10. The fraction of sp³-hybridized carbons (Fsp3) is 0.231. The molecule has 154 valence electrons. The van der Waals surface area contributed by atoms with Crippen LogP contribution in [0.3, 0.4) is 0 Å². The Morgan fingerprint density at radius 1 is 0.900 bits per heavy atom. The highest BCUT2D eigenvalue weighted by Gasteiger charge is 2.10. The van der Waals surface area contributed by atoms with Gasteiger partial charge in [0.25, 0.3) is 0 Å². The minimum absolute atomic E-state index is 0.342. The Morgan fingerprint density at radius 3 is 2.27 bits per heavy atom. The molecule has 2 nitrogen and oxygen atoms in total. The molecule has 0 aliphatic carbocycles. The van der Waals surface area contributed by atoms with E-state index in [9.17, 15) is 8.78 Å². The molecule has 0 amide bonds. The largest absolute Gasteiger partial charge is 0.247 e. The first kappa shape index (κ1) is 21.6. The molecule has 3 aromatic rings. The summed E-state index contributed by atoms with van der Waals surface area (Å²) in [5, 5.41) is 8.50. The van der Waals surface area contributed by atoms with Crippen molar-refractivity contribution in [3.63, 3.8) is 0 Å². The van der Waals surface area contributed by atoms with Gasteiger partial charge in [-0.3, -0.25) is 0 Å². The zero-order valence-electron chi connectivity index (χ0n) is 17.1. The van der Waals surface area contributed by atoms with Crippen LogP contribution in [0.5, 0.6) is 0 Å². The van der Waals surface area contributed by atoms with Gasteiger partial charge in [-0.05, 0) is 18.1 Å². The summed E-state index contributed by atoms with van der Waals surface area (Å²) in [6, 6.07) is 23.9. The van der Waals surface area contributed by atoms with Crippen LogP contribution in [0.25, 0.3) is 0 Å². The van der Waals surface area contributed by atoms with Crippen LogP contribution in [-0.2, 0) is 6.42 Å². The second kappa shape index (κ2) is 11.1. The Kier molecular flexibility index (Phi) is 8.02. The molecule has 0 aliphatic rings. The maximum Gasteiger partial charge on any atom is 0.132 e. The Bertz CT molecular complexity index is 979. The molecule has 0 spiro atoms. The maximum absolute atomic E-state index is 14.1. The Balaban J connectivity index is 1.83. The van der Waals surface area contributed by atoms with Gasteiger partial charge < -0.3 is 0 Å². The fourth-order valence-electron chi connectivity index (χ4n) is 3.19. The third-order valence-electron chi connectivity index (χ3n) is 4.86. The van der Waals surface area contributed by atoms with Crippen LogP contribution in [-0.4, -0.2) is 18.1 Å². The Labute approximate surface area is 177 Å². The van der Waals surface area contributed by atoms with Crippen LogP contribution in [0.4, 0.5) is 8.78 Å². The van der Waals surface area contributed by atoms with E-state index < -0.39 is 6.17 Å². The lowest BCUT2D eigenvalue weighted by molar-refractivity contribution is 0.305. The maximum atomic E-state index is 14.1. The molecule has 1 unspecified atom stereocenters. The van der Waals surface area contributed by atoms with Crippen LogP contribution in [0, 0.1) is 5.82 Å². The van der Waals surface area contributed by atoms with Crippen LogP contribution in [0.15, 0.2) is 89.1 Å². The average molecular weight is 405 g/mol. The Hall–Kier alpha value is -3.14. The predicted octanol–water partition coefficient (Wildman–Crippen LogP) is 6.77. The molecule has 4 heteroatoms. The van der Waals surface area contributed by atoms with Crippen LogP contribution < -0.4 is 0 Å². The Morgan fingerprint density at radius 2 is 1.57 bits per heavy atom. The van der Waals surface area contributed by atoms with Gasteiger partial charge in [0, 0.05) is 23.1 Å². The van der Waals surface area contributed by atoms with Gasteiger partial charge in [-0.2, -0.15) is 5.10 Å². The summed E-state index contributed by atoms with van der Waals surface area (Å²) in [5.74, 6) is -0.342.